The first kappa shape index (κ1) is 6.49. The van der Waals surface area contributed by atoms with Crippen LogP contribution < -0.4 is 0 Å². The minimum atomic E-state index is -0.608. The van der Waals surface area contributed by atoms with Gasteiger partial charge in [0.05, 0.1) is 0 Å². The summed E-state index contributed by atoms with van der Waals surface area (Å²) < 4.78 is 0.822. The molecule has 0 bridgehead atoms. The van der Waals surface area contributed by atoms with E-state index in [-0.39, 0.29) is 0 Å². The Morgan fingerprint density at radius 1 is 1.20 bits per heavy atom. The average molecular weight is 193 g/mol. The molecule has 0 fully saturated rings. The molecule has 1 heteroatoms. The van der Waals surface area contributed by atoms with E-state index in [0.717, 1.165) is 4.71 Å². The zero-order chi connectivity index (χ0) is 6.81. The summed E-state index contributed by atoms with van der Waals surface area (Å²) in [7, 11) is 0. The molecule has 2 aliphatic rings. The fourth-order valence-electron chi connectivity index (χ4n) is 1.28. The molecule has 2 unspecified atom stereocenters. The standard InChI is InChI=1S/C9H10As/c1-3-7-10-8-4-2-6-9(10)5-1/h1-7,9H,8H2. The van der Waals surface area contributed by atoms with Crippen molar-refractivity contribution in [1.82, 2.24) is 0 Å². The predicted molar refractivity (Wildman–Crippen MR) is 46.0 cm³/mol. The molecule has 10 heavy (non-hydrogen) atoms. The summed E-state index contributed by atoms with van der Waals surface area (Å²) in [5.41, 5.74) is 0. The van der Waals surface area contributed by atoms with Gasteiger partial charge in [0.25, 0.3) is 0 Å². The van der Waals surface area contributed by atoms with Gasteiger partial charge >= 0.3 is 66.2 Å². The van der Waals surface area contributed by atoms with Crippen molar-refractivity contribution in [3.8, 4) is 0 Å². The summed E-state index contributed by atoms with van der Waals surface area (Å²) in [6.45, 7) is 0. The number of allylic oxidation sites excluding steroid dienone is 5. The second-order valence-electron chi connectivity index (χ2n) is 2.53. The zero-order valence-corrected chi connectivity index (χ0v) is 7.65. The van der Waals surface area contributed by atoms with Crippen LogP contribution in [-0.4, -0.2) is 14.7 Å². The van der Waals surface area contributed by atoms with E-state index in [0.29, 0.717) is 0 Å². The molecule has 1 radical (unpaired) electrons. The van der Waals surface area contributed by atoms with E-state index in [1.54, 1.807) is 0 Å². The summed E-state index contributed by atoms with van der Waals surface area (Å²) >= 11 is -0.608. The Labute approximate surface area is 66.6 Å². The summed E-state index contributed by atoms with van der Waals surface area (Å²) in [6.07, 6.45) is 13.6. The van der Waals surface area contributed by atoms with Gasteiger partial charge < -0.3 is 0 Å². The zero-order valence-electron chi connectivity index (χ0n) is 5.77. The third-order valence-electron chi connectivity index (χ3n) is 1.84. The van der Waals surface area contributed by atoms with Gasteiger partial charge in [-0.2, -0.15) is 0 Å². The number of rotatable bonds is 0. The molecule has 2 atom stereocenters. The van der Waals surface area contributed by atoms with Crippen molar-refractivity contribution in [3.05, 3.63) is 41.7 Å². The topological polar surface area (TPSA) is 0 Å². The molecule has 0 aromatic heterocycles. The van der Waals surface area contributed by atoms with Crippen LogP contribution in [0.3, 0.4) is 0 Å². The molecule has 0 saturated heterocycles. The average Bonchev–Trinajstić information content (AvgIpc) is 2.05. The first-order chi connectivity index (χ1) is 4.97. The van der Waals surface area contributed by atoms with Crippen molar-refractivity contribution in [2.45, 2.75) is 9.91 Å². The van der Waals surface area contributed by atoms with Crippen LogP contribution in [0, 0.1) is 6.42 Å². The molecule has 0 aromatic carbocycles. The predicted octanol–water partition coefficient (Wildman–Crippen LogP) is 2.29. The van der Waals surface area contributed by atoms with E-state index >= 15 is 0 Å². The Balaban J connectivity index is 2.19. The Morgan fingerprint density at radius 3 is 3.10 bits per heavy atom. The molecule has 0 nitrogen and oxygen atoms in total. The normalized spacial score (nSPS) is 36.0. The Kier molecular flexibility index (Phi) is 1.81. The fourth-order valence-corrected chi connectivity index (χ4v) is 5.25. The summed E-state index contributed by atoms with van der Waals surface area (Å²) in [6, 6.07) is 0. The quantitative estimate of drug-likeness (QED) is 0.518. The fraction of sp³-hybridized carbons (Fsp3) is 0.222. The van der Waals surface area contributed by atoms with E-state index in [1.807, 2.05) is 0 Å². The number of fused-ring (bicyclic) bond motifs is 1. The minimum absolute atomic E-state index is 0.608. The molecule has 0 amide bonds. The third kappa shape index (κ3) is 1.13. The third-order valence-corrected chi connectivity index (χ3v) is 6.66. The Hall–Kier alpha value is -0.222. The Morgan fingerprint density at radius 2 is 2.20 bits per heavy atom. The molecule has 2 rings (SSSR count). The van der Waals surface area contributed by atoms with Gasteiger partial charge in [0, 0.05) is 0 Å². The molecule has 0 aromatic rings. The van der Waals surface area contributed by atoms with E-state index in [9.17, 15) is 0 Å². The van der Waals surface area contributed by atoms with Gasteiger partial charge in [0.1, 0.15) is 0 Å². The maximum absolute atomic E-state index is 2.44. The van der Waals surface area contributed by atoms with Gasteiger partial charge in [-0.3, -0.25) is 0 Å². The van der Waals surface area contributed by atoms with Gasteiger partial charge in [0.2, 0.25) is 0 Å². The Bertz CT molecular complexity index is 179. The SMILES string of the molecule is [CH]1C=CC[As]2C=CC=CC12. The molecular formula is C9H10As. The van der Waals surface area contributed by atoms with Crippen LogP contribution in [0.4, 0.5) is 0 Å². The van der Waals surface area contributed by atoms with E-state index in [4.69, 9.17) is 0 Å². The van der Waals surface area contributed by atoms with Crippen LogP contribution in [-0.2, 0) is 0 Å². The molecule has 0 aliphatic carbocycles. The van der Waals surface area contributed by atoms with Crippen LogP contribution >= 0.6 is 0 Å². The van der Waals surface area contributed by atoms with Crippen molar-refractivity contribution in [2.24, 2.45) is 0 Å². The summed E-state index contributed by atoms with van der Waals surface area (Å²) in [5, 5.41) is 1.36. The maximum atomic E-state index is 2.44. The van der Waals surface area contributed by atoms with Crippen LogP contribution in [0.15, 0.2) is 35.2 Å². The van der Waals surface area contributed by atoms with Gasteiger partial charge in [-0.1, -0.05) is 0 Å². The van der Waals surface area contributed by atoms with E-state index in [2.05, 4.69) is 41.7 Å². The number of hydrogen-bond donors (Lipinski definition) is 0. The van der Waals surface area contributed by atoms with Crippen LogP contribution in [0.2, 0.25) is 9.91 Å². The molecule has 0 spiro atoms. The molecule has 51 valence electrons. The molecular weight excluding hydrogens is 183 g/mol. The molecule has 0 N–H and O–H groups in total. The summed E-state index contributed by atoms with van der Waals surface area (Å²) in [4.78, 5) is 2.44. The van der Waals surface area contributed by atoms with Gasteiger partial charge in [-0.05, 0) is 0 Å². The van der Waals surface area contributed by atoms with Crippen LogP contribution in [0.5, 0.6) is 0 Å². The number of hydrogen-bond acceptors (Lipinski definition) is 0. The first-order valence-corrected chi connectivity index (χ1v) is 7.07. The monoisotopic (exact) mass is 193 g/mol. The molecule has 2 aliphatic heterocycles. The van der Waals surface area contributed by atoms with E-state index in [1.165, 1.54) is 5.21 Å². The first-order valence-electron chi connectivity index (χ1n) is 3.57. The molecule has 0 saturated carbocycles. The van der Waals surface area contributed by atoms with Crippen molar-refractivity contribution in [2.75, 3.05) is 0 Å². The molecule has 2 heterocycles. The van der Waals surface area contributed by atoms with Gasteiger partial charge in [-0.15, -0.1) is 0 Å². The van der Waals surface area contributed by atoms with Crippen LogP contribution in [0.25, 0.3) is 0 Å². The van der Waals surface area contributed by atoms with Crippen molar-refractivity contribution in [3.63, 3.8) is 0 Å². The van der Waals surface area contributed by atoms with E-state index < -0.39 is 14.7 Å². The van der Waals surface area contributed by atoms with Crippen LogP contribution in [0.1, 0.15) is 0 Å². The van der Waals surface area contributed by atoms with Crippen molar-refractivity contribution < 1.29 is 0 Å². The summed E-state index contributed by atoms with van der Waals surface area (Å²) in [5.74, 6) is 0. The van der Waals surface area contributed by atoms with Gasteiger partial charge in [-0.25, -0.2) is 0 Å². The second kappa shape index (κ2) is 2.80. The van der Waals surface area contributed by atoms with Gasteiger partial charge in [0.15, 0.2) is 0 Å². The van der Waals surface area contributed by atoms with Crippen molar-refractivity contribution in [1.29, 1.82) is 0 Å². The second-order valence-corrected chi connectivity index (χ2v) is 7.33. The van der Waals surface area contributed by atoms with Crippen molar-refractivity contribution >= 4 is 14.7 Å².